The van der Waals surface area contributed by atoms with Gasteiger partial charge in [0.1, 0.15) is 17.7 Å². The topological polar surface area (TPSA) is 97.6 Å². The molecule has 0 amide bonds. The minimum Gasteiger partial charge on any atom is -0.390 e. The smallest absolute Gasteiger partial charge is 0.133 e. The number of aliphatic hydroxyl groups is 1. The molecule has 0 bridgehead atoms. The van der Waals surface area contributed by atoms with Crippen molar-refractivity contribution in [2.75, 3.05) is 27.2 Å². The van der Waals surface area contributed by atoms with Crippen LogP contribution < -0.4 is 5.32 Å². The van der Waals surface area contributed by atoms with Gasteiger partial charge in [-0.05, 0) is 26.2 Å². The lowest BCUT2D eigenvalue weighted by molar-refractivity contribution is 0.112. The molecule has 2 aliphatic rings. The Kier molecular flexibility index (Phi) is 4.84. The summed E-state index contributed by atoms with van der Waals surface area (Å²) in [7, 11) is 5.74. The summed E-state index contributed by atoms with van der Waals surface area (Å²) >= 11 is 0. The highest BCUT2D eigenvalue weighted by Gasteiger charge is 2.36. The molecule has 0 radical (unpaired) electrons. The molecule has 162 valence electrons. The predicted molar refractivity (Wildman–Crippen MR) is 117 cm³/mol. The largest absolute Gasteiger partial charge is 0.390 e. The molecule has 3 N–H and O–H groups in total. The summed E-state index contributed by atoms with van der Waals surface area (Å²) in [6.45, 7) is 1.27. The fourth-order valence-corrected chi connectivity index (χ4v) is 4.32. The Bertz CT molecular complexity index is 1180. The average molecular weight is 424 g/mol. The minimum atomic E-state index is -0.423. The van der Waals surface area contributed by atoms with Crippen molar-refractivity contribution >= 4 is 22.9 Å². The number of nitrogens with zero attached hydrogens (tertiary/aromatic N) is 6. The molecular formula is C21H25FN8O. The molecule has 10 heteroatoms. The maximum atomic E-state index is 14.7. The van der Waals surface area contributed by atoms with Gasteiger partial charge in [0.25, 0.3) is 0 Å². The molecule has 0 aliphatic carbocycles. The van der Waals surface area contributed by atoms with Crippen LogP contribution in [-0.2, 0) is 7.05 Å². The van der Waals surface area contributed by atoms with Gasteiger partial charge in [0.2, 0.25) is 0 Å². The Morgan fingerprint density at radius 2 is 2.10 bits per heavy atom. The number of β-amino-alcohol motifs (C(OH)–C–C–N with tert-alkyl or cyclic N) is 1. The molecule has 1 aromatic carbocycles. The van der Waals surface area contributed by atoms with Crippen LogP contribution in [0.5, 0.6) is 0 Å². The first-order chi connectivity index (χ1) is 14.9. The van der Waals surface area contributed by atoms with Crippen LogP contribution in [0.2, 0.25) is 0 Å². The van der Waals surface area contributed by atoms with Gasteiger partial charge in [-0.2, -0.15) is 10.2 Å². The molecule has 2 aliphatic heterocycles. The summed E-state index contributed by atoms with van der Waals surface area (Å²) in [4.78, 5) is 8.72. The minimum absolute atomic E-state index is 0.0677. The molecule has 1 unspecified atom stereocenters. The van der Waals surface area contributed by atoms with Crippen LogP contribution in [0.15, 0.2) is 35.6 Å². The molecule has 9 nitrogen and oxygen atoms in total. The summed E-state index contributed by atoms with van der Waals surface area (Å²) in [6.07, 6.45) is 6.44. The second-order valence-corrected chi connectivity index (χ2v) is 8.32. The third kappa shape index (κ3) is 3.52. The van der Waals surface area contributed by atoms with Crippen molar-refractivity contribution in [2.45, 2.75) is 18.3 Å². The normalized spacial score (nSPS) is 24.2. The van der Waals surface area contributed by atoms with E-state index in [9.17, 15) is 9.50 Å². The second-order valence-electron chi connectivity index (χ2n) is 8.32. The molecule has 5 rings (SSSR count). The molecule has 3 aromatic rings. The van der Waals surface area contributed by atoms with E-state index in [1.54, 1.807) is 36.5 Å². The van der Waals surface area contributed by atoms with E-state index in [4.69, 9.17) is 0 Å². The number of aliphatic imine (C=N–C) groups is 1. The Morgan fingerprint density at radius 1 is 1.26 bits per heavy atom. The Labute approximate surface area is 178 Å². The number of likely N-dealkylation sites (tertiary alicyclic amines) is 1. The number of aromatic amines is 1. The number of benzene rings is 1. The van der Waals surface area contributed by atoms with Gasteiger partial charge in [-0.1, -0.05) is 0 Å². The number of aromatic nitrogens is 4. The Hall–Kier alpha value is -3.08. The molecule has 31 heavy (non-hydrogen) atoms. The molecule has 3 atom stereocenters. The first-order valence-corrected chi connectivity index (χ1v) is 10.2. The zero-order valence-corrected chi connectivity index (χ0v) is 17.6. The van der Waals surface area contributed by atoms with Crippen LogP contribution in [-0.4, -0.2) is 86.7 Å². The van der Waals surface area contributed by atoms with Crippen molar-refractivity contribution in [3.05, 3.63) is 42.1 Å². The van der Waals surface area contributed by atoms with Crippen LogP contribution in [0, 0.1) is 5.82 Å². The number of likely N-dealkylation sites (N-methyl/N-ethyl adjacent to an activating group) is 1. The maximum absolute atomic E-state index is 14.7. The maximum Gasteiger partial charge on any atom is 0.133 e. The van der Waals surface area contributed by atoms with E-state index in [1.807, 2.05) is 25.1 Å². The number of halogens is 1. The SMILES string of the molecule is CN(C)[C@@H]1CN(C2C=C(c3n[nH]c4cc(F)c(-c5cnn(C)c5)cc34)NC=N2)C[C@H]1O. The van der Waals surface area contributed by atoms with Crippen molar-refractivity contribution in [1.82, 2.24) is 35.1 Å². The van der Waals surface area contributed by atoms with Gasteiger partial charge in [-0.3, -0.25) is 19.7 Å². The highest BCUT2D eigenvalue weighted by Crippen LogP contribution is 2.31. The van der Waals surface area contributed by atoms with Crippen molar-refractivity contribution in [1.29, 1.82) is 0 Å². The van der Waals surface area contributed by atoms with Crippen LogP contribution in [0.1, 0.15) is 5.69 Å². The summed E-state index contributed by atoms with van der Waals surface area (Å²) in [5.41, 5.74) is 3.28. The number of H-pyrrole nitrogens is 1. The number of rotatable bonds is 4. The van der Waals surface area contributed by atoms with Crippen LogP contribution in [0.4, 0.5) is 4.39 Å². The second kappa shape index (κ2) is 7.56. The molecule has 0 saturated carbocycles. The van der Waals surface area contributed by atoms with Crippen LogP contribution in [0.25, 0.3) is 27.7 Å². The molecule has 2 aromatic heterocycles. The quantitative estimate of drug-likeness (QED) is 0.578. The van der Waals surface area contributed by atoms with E-state index in [0.717, 1.165) is 17.6 Å². The molecule has 4 heterocycles. The number of hydrogen-bond acceptors (Lipinski definition) is 7. The number of aliphatic hydroxyl groups excluding tert-OH is 1. The highest BCUT2D eigenvalue weighted by molar-refractivity contribution is 5.95. The van der Waals surface area contributed by atoms with Crippen molar-refractivity contribution in [3.8, 4) is 11.1 Å². The fraction of sp³-hybridized carbons (Fsp3) is 0.381. The zero-order valence-electron chi connectivity index (χ0n) is 17.6. The zero-order chi connectivity index (χ0) is 21.7. The van der Waals surface area contributed by atoms with Gasteiger partial charge in [-0.25, -0.2) is 4.39 Å². The molecule has 0 spiro atoms. The van der Waals surface area contributed by atoms with Crippen molar-refractivity contribution in [3.63, 3.8) is 0 Å². The predicted octanol–water partition coefficient (Wildman–Crippen LogP) is 1.01. The summed E-state index contributed by atoms with van der Waals surface area (Å²) in [6, 6.07) is 3.32. The van der Waals surface area contributed by atoms with E-state index in [2.05, 4.69) is 30.5 Å². The van der Waals surface area contributed by atoms with Crippen LogP contribution in [0.3, 0.4) is 0 Å². The van der Waals surface area contributed by atoms with E-state index >= 15 is 0 Å². The van der Waals surface area contributed by atoms with Gasteiger partial charge in [0.15, 0.2) is 0 Å². The van der Waals surface area contributed by atoms with Gasteiger partial charge < -0.3 is 15.3 Å². The lowest BCUT2D eigenvalue weighted by Crippen LogP contribution is -2.39. The first kappa shape index (κ1) is 19.9. The van der Waals surface area contributed by atoms with Crippen molar-refractivity contribution < 1.29 is 9.50 Å². The molecular weight excluding hydrogens is 399 g/mol. The third-order valence-electron chi connectivity index (χ3n) is 6.01. The van der Waals surface area contributed by atoms with E-state index < -0.39 is 6.10 Å². The molecule has 1 saturated heterocycles. The van der Waals surface area contributed by atoms with Gasteiger partial charge in [-0.15, -0.1) is 0 Å². The third-order valence-corrected chi connectivity index (χ3v) is 6.01. The fourth-order valence-electron chi connectivity index (χ4n) is 4.32. The van der Waals surface area contributed by atoms with Crippen LogP contribution >= 0.6 is 0 Å². The molecule has 1 fully saturated rings. The lowest BCUT2D eigenvalue weighted by atomic mass is 10.0. The Balaban J connectivity index is 1.49. The van der Waals surface area contributed by atoms with E-state index in [-0.39, 0.29) is 18.0 Å². The Morgan fingerprint density at radius 3 is 2.81 bits per heavy atom. The first-order valence-electron chi connectivity index (χ1n) is 10.2. The standard InChI is InChI=1S/C21H25FN8O/c1-28(2)18-9-30(10-19(18)31)20-6-17(23-11-24-20)21-14-4-13(12-7-25-29(3)8-12)15(22)5-16(14)26-27-21/h4-8,11,18-20,31H,9-10H2,1-3H3,(H,23,24)(H,26,27)/t18-,19-,20?/m1/s1. The summed E-state index contributed by atoms with van der Waals surface area (Å²) in [5.74, 6) is -0.332. The number of fused-ring (bicyclic) bond motifs is 1. The number of hydrogen-bond donors (Lipinski definition) is 3. The summed E-state index contributed by atoms with van der Waals surface area (Å²) in [5, 5.41) is 25.9. The van der Waals surface area contributed by atoms with Gasteiger partial charge in [0, 0.05) is 55.0 Å². The monoisotopic (exact) mass is 424 g/mol. The summed E-state index contributed by atoms with van der Waals surface area (Å²) < 4.78 is 16.3. The van der Waals surface area contributed by atoms with E-state index in [1.165, 1.54) is 6.07 Å². The van der Waals surface area contributed by atoms with Gasteiger partial charge in [0.05, 0.1) is 29.9 Å². The van der Waals surface area contributed by atoms with E-state index in [0.29, 0.717) is 28.9 Å². The highest BCUT2D eigenvalue weighted by atomic mass is 19.1. The van der Waals surface area contributed by atoms with Crippen molar-refractivity contribution in [2.24, 2.45) is 12.0 Å². The number of aryl methyl sites for hydroxylation is 1. The number of nitrogens with one attached hydrogen (secondary N) is 2. The average Bonchev–Trinajstić information content (AvgIpc) is 3.45. The lowest BCUT2D eigenvalue weighted by Gasteiger charge is -2.26. The van der Waals surface area contributed by atoms with Gasteiger partial charge >= 0.3 is 0 Å².